The summed E-state index contributed by atoms with van der Waals surface area (Å²) in [4.78, 5) is 11.9. The number of nitrogens with one attached hydrogen (secondary N) is 2. The van der Waals surface area contributed by atoms with Crippen molar-refractivity contribution in [2.75, 3.05) is 12.8 Å². The summed E-state index contributed by atoms with van der Waals surface area (Å²) < 4.78 is 24.6. The summed E-state index contributed by atoms with van der Waals surface area (Å²) in [5.74, 6) is 0.832. The molecule has 0 unspecified atom stereocenters. The molecular formula is C17H26N2O3S. The number of carbonyl (C=O) groups is 1. The molecule has 128 valence electrons. The zero-order valence-electron chi connectivity index (χ0n) is 13.8. The minimum Gasteiger partial charge on any atom is -0.354 e. The highest BCUT2D eigenvalue weighted by Crippen LogP contribution is 2.35. The fraction of sp³-hybridized carbons (Fsp3) is 0.588. The van der Waals surface area contributed by atoms with E-state index in [1.165, 1.54) is 5.56 Å². The van der Waals surface area contributed by atoms with Crippen LogP contribution in [-0.2, 0) is 14.8 Å². The van der Waals surface area contributed by atoms with Gasteiger partial charge in [-0.25, -0.2) is 13.1 Å². The summed E-state index contributed by atoms with van der Waals surface area (Å²) in [7, 11) is -3.36. The van der Waals surface area contributed by atoms with E-state index >= 15 is 0 Å². The maximum atomic E-state index is 11.9. The monoisotopic (exact) mass is 338 g/mol. The Hall–Kier alpha value is -1.40. The molecular weight excluding hydrogens is 312 g/mol. The van der Waals surface area contributed by atoms with Gasteiger partial charge in [-0.1, -0.05) is 30.3 Å². The smallest absolute Gasteiger partial charge is 0.237 e. The van der Waals surface area contributed by atoms with Crippen molar-refractivity contribution in [3.8, 4) is 0 Å². The molecule has 1 fully saturated rings. The highest BCUT2D eigenvalue weighted by molar-refractivity contribution is 7.88. The molecule has 1 atom stereocenters. The van der Waals surface area contributed by atoms with Gasteiger partial charge in [-0.3, -0.25) is 4.79 Å². The lowest BCUT2D eigenvalue weighted by Crippen LogP contribution is -2.45. The molecule has 5 nitrogen and oxygen atoms in total. The van der Waals surface area contributed by atoms with E-state index < -0.39 is 16.1 Å². The molecule has 1 aromatic carbocycles. The topological polar surface area (TPSA) is 75.3 Å². The number of amides is 1. The molecule has 0 bridgehead atoms. The molecule has 0 aliphatic heterocycles. The van der Waals surface area contributed by atoms with Crippen LogP contribution in [0.5, 0.6) is 0 Å². The van der Waals surface area contributed by atoms with Crippen LogP contribution >= 0.6 is 0 Å². The van der Waals surface area contributed by atoms with Crippen LogP contribution in [0.15, 0.2) is 30.3 Å². The highest BCUT2D eigenvalue weighted by atomic mass is 32.2. The number of benzene rings is 1. The third kappa shape index (κ3) is 5.95. The zero-order chi connectivity index (χ0) is 16.9. The SMILES string of the molecule is C[C@H](NS(C)(=O)=O)C(=O)NCC1CCC(c2ccccc2)CC1. The van der Waals surface area contributed by atoms with Crippen molar-refractivity contribution in [2.24, 2.45) is 5.92 Å². The van der Waals surface area contributed by atoms with Gasteiger partial charge in [0.2, 0.25) is 15.9 Å². The Balaban J connectivity index is 1.73. The van der Waals surface area contributed by atoms with Gasteiger partial charge in [0.1, 0.15) is 0 Å². The van der Waals surface area contributed by atoms with Crippen molar-refractivity contribution in [3.05, 3.63) is 35.9 Å². The first kappa shape index (κ1) is 17.9. The second-order valence-electron chi connectivity index (χ2n) is 6.49. The summed E-state index contributed by atoms with van der Waals surface area (Å²) in [6.07, 6.45) is 5.52. The molecule has 0 radical (unpaired) electrons. The molecule has 1 aliphatic rings. The van der Waals surface area contributed by atoms with Gasteiger partial charge in [0, 0.05) is 6.54 Å². The highest BCUT2D eigenvalue weighted by Gasteiger charge is 2.23. The van der Waals surface area contributed by atoms with Crippen LogP contribution in [0.1, 0.15) is 44.1 Å². The lowest BCUT2D eigenvalue weighted by atomic mass is 9.79. The Labute approximate surface area is 138 Å². The maximum Gasteiger partial charge on any atom is 0.237 e. The van der Waals surface area contributed by atoms with Gasteiger partial charge in [-0.2, -0.15) is 0 Å². The summed E-state index contributed by atoms with van der Waals surface area (Å²) in [5, 5.41) is 2.86. The lowest BCUT2D eigenvalue weighted by Gasteiger charge is -2.29. The fourth-order valence-electron chi connectivity index (χ4n) is 3.20. The van der Waals surface area contributed by atoms with E-state index in [1.807, 2.05) is 6.07 Å². The van der Waals surface area contributed by atoms with Crippen LogP contribution in [0, 0.1) is 5.92 Å². The third-order valence-electron chi connectivity index (χ3n) is 4.47. The predicted molar refractivity (Wildman–Crippen MR) is 91.6 cm³/mol. The predicted octanol–water partition coefficient (Wildman–Crippen LogP) is 2.01. The maximum absolute atomic E-state index is 11.9. The van der Waals surface area contributed by atoms with Crippen molar-refractivity contribution in [3.63, 3.8) is 0 Å². The van der Waals surface area contributed by atoms with Gasteiger partial charge in [0.15, 0.2) is 0 Å². The van der Waals surface area contributed by atoms with Crippen LogP contribution < -0.4 is 10.0 Å². The van der Waals surface area contributed by atoms with Gasteiger partial charge in [-0.05, 0) is 50.0 Å². The Bertz CT molecular complexity index is 608. The summed E-state index contributed by atoms with van der Waals surface area (Å²) in [6, 6.07) is 9.84. The number of carbonyl (C=O) groups excluding carboxylic acids is 1. The molecule has 1 amide bonds. The van der Waals surface area contributed by atoms with Crippen molar-refractivity contribution < 1.29 is 13.2 Å². The summed E-state index contributed by atoms with van der Waals surface area (Å²) in [5.41, 5.74) is 1.40. The molecule has 0 spiro atoms. The molecule has 0 saturated heterocycles. The van der Waals surface area contributed by atoms with Crippen molar-refractivity contribution >= 4 is 15.9 Å². The molecule has 2 N–H and O–H groups in total. The Kier molecular flexibility index (Phi) is 6.18. The molecule has 0 aromatic heterocycles. The lowest BCUT2D eigenvalue weighted by molar-refractivity contribution is -0.122. The standard InChI is InChI=1S/C17H26N2O3S/c1-13(19-23(2,21)22)17(20)18-12-14-8-10-16(11-9-14)15-6-4-3-5-7-15/h3-7,13-14,16,19H,8-12H2,1-2H3,(H,18,20)/t13-,14?,16?/m0/s1. The quantitative estimate of drug-likeness (QED) is 0.833. The van der Waals surface area contributed by atoms with Gasteiger partial charge in [0.05, 0.1) is 12.3 Å². The molecule has 0 heterocycles. The molecule has 2 rings (SSSR count). The number of rotatable bonds is 6. The van der Waals surface area contributed by atoms with Crippen LogP contribution in [0.4, 0.5) is 0 Å². The van der Waals surface area contributed by atoms with Crippen LogP contribution in [0.3, 0.4) is 0 Å². The van der Waals surface area contributed by atoms with Gasteiger partial charge < -0.3 is 5.32 Å². The first-order valence-electron chi connectivity index (χ1n) is 8.15. The second-order valence-corrected chi connectivity index (χ2v) is 8.27. The normalized spacial score (nSPS) is 23.2. The van der Waals surface area contributed by atoms with E-state index in [4.69, 9.17) is 0 Å². The molecule has 6 heteroatoms. The van der Waals surface area contributed by atoms with Crippen molar-refractivity contribution in [2.45, 2.75) is 44.6 Å². The fourth-order valence-corrected chi connectivity index (χ4v) is 3.95. The summed E-state index contributed by atoms with van der Waals surface area (Å²) in [6.45, 7) is 2.18. The Morgan fingerprint density at radius 2 is 1.78 bits per heavy atom. The van der Waals surface area contributed by atoms with E-state index in [0.717, 1.165) is 31.9 Å². The van der Waals surface area contributed by atoms with Gasteiger partial charge in [-0.15, -0.1) is 0 Å². The van der Waals surface area contributed by atoms with Crippen LogP contribution in [0.2, 0.25) is 0 Å². The molecule has 1 aromatic rings. The average Bonchev–Trinajstić information content (AvgIpc) is 2.52. The minimum absolute atomic E-state index is 0.263. The first-order chi connectivity index (χ1) is 10.8. The average molecular weight is 338 g/mol. The van der Waals surface area contributed by atoms with E-state index in [0.29, 0.717) is 18.4 Å². The Morgan fingerprint density at radius 3 is 2.35 bits per heavy atom. The Morgan fingerprint density at radius 1 is 1.17 bits per heavy atom. The minimum atomic E-state index is -3.36. The number of hydrogen-bond acceptors (Lipinski definition) is 3. The van der Waals surface area contributed by atoms with E-state index in [9.17, 15) is 13.2 Å². The van der Waals surface area contributed by atoms with Crippen LogP contribution in [-0.4, -0.2) is 33.2 Å². The van der Waals surface area contributed by atoms with Crippen molar-refractivity contribution in [1.29, 1.82) is 0 Å². The second kappa shape index (κ2) is 7.93. The molecule has 1 aliphatic carbocycles. The van der Waals surface area contributed by atoms with E-state index in [-0.39, 0.29) is 5.91 Å². The number of hydrogen-bond donors (Lipinski definition) is 2. The van der Waals surface area contributed by atoms with Gasteiger partial charge in [0.25, 0.3) is 0 Å². The number of sulfonamides is 1. The third-order valence-corrected chi connectivity index (χ3v) is 5.25. The van der Waals surface area contributed by atoms with E-state index in [1.54, 1.807) is 6.92 Å². The summed E-state index contributed by atoms with van der Waals surface area (Å²) >= 11 is 0. The van der Waals surface area contributed by atoms with Gasteiger partial charge >= 0.3 is 0 Å². The first-order valence-corrected chi connectivity index (χ1v) is 10.0. The molecule has 23 heavy (non-hydrogen) atoms. The zero-order valence-corrected chi connectivity index (χ0v) is 14.6. The van der Waals surface area contributed by atoms with Crippen LogP contribution in [0.25, 0.3) is 0 Å². The largest absolute Gasteiger partial charge is 0.354 e. The molecule has 1 saturated carbocycles. The van der Waals surface area contributed by atoms with Crippen molar-refractivity contribution in [1.82, 2.24) is 10.0 Å². The van der Waals surface area contributed by atoms with E-state index in [2.05, 4.69) is 34.3 Å².